The molecule has 0 fully saturated rings. The molecule has 0 unspecified atom stereocenters. The van der Waals surface area contributed by atoms with E-state index in [4.69, 9.17) is 5.73 Å². The summed E-state index contributed by atoms with van der Waals surface area (Å²) >= 11 is 0. The molecule has 5 N–H and O–H groups in total. The lowest BCUT2D eigenvalue weighted by atomic mass is 10.1. The number of nitrogens with one attached hydrogen (secondary N) is 3. The van der Waals surface area contributed by atoms with Gasteiger partial charge in [-0.15, -0.1) is 0 Å². The second kappa shape index (κ2) is 7.68. The molecular weight excluding hydrogens is 330 g/mol. The fraction of sp³-hybridized carbons (Fsp3) is 0.143. The Kier molecular flexibility index (Phi) is 5.40. The molecule has 0 radical (unpaired) electrons. The van der Waals surface area contributed by atoms with Crippen LogP contribution in [0.25, 0.3) is 0 Å². The van der Waals surface area contributed by atoms with Crippen molar-refractivity contribution in [2.45, 2.75) is 6.92 Å². The molecule has 11 heteroatoms. The number of nitro groups is 1. The highest BCUT2D eigenvalue weighted by Crippen LogP contribution is 2.25. The predicted octanol–water partition coefficient (Wildman–Crippen LogP) is 0.149. The van der Waals surface area contributed by atoms with Gasteiger partial charge in [0.2, 0.25) is 11.6 Å². The Morgan fingerprint density at radius 3 is 2.76 bits per heavy atom. The lowest BCUT2D eigenvalue weighted by Crippen LogP contribution is -2.39. The topological polar surface area (TPSA) is 165 Å². The van der Waals surface area contributed by atoms with E-state index in [-0.39, 0.29) is 18.2 Å². The highest BCUT2D eigenvalue weighted by atomic mass is 16.6. The highest BCUT2D eigenvalue weighted by molar-refractivity contribution is 5.96. The number of benzene rings is 1. The monoisotopic (exact) mass is 345 g/mol. The summed E-state index contributed by atoms with van der Waals surface area (Å²) in [6, 6.07) is 6.86. The standard InChI is InChI=1S/C14H15N7O4/c1-8-3-2-4-9(5-8)14(23)16-6-10(22)19-20-13-11(21(24)25)12(15)17-7-18-13/h2-5,7H,6H2,1H3,(H,16,23)(H,19,22)(H3,15,17,18,20). The first-order valence-electron chi connectivity index (χ1n) is 7.03. The van der Waals surface area contributed by atoms with Crippen LogP contribution in [0.5, 0.6) is 0 Å². The Labute approximate surface area is 141 Å². The van der Waals surface area contributed by atoms with Crippen LogP contribution in [0, 0.1) is 17.0 Å². The first kappa shape index (κ1) is 17.6. The molecule has 0 bridgehead atoms. The maximum absolute atomic E-state index is 11.9. The Balaban J connectivity index is 1.90. The summed E-state index contributed by atoms with van der Waals surface area (Å²) in [5, 5.41) is 13.4. The fourth-order valence-corrected chi connectivity index (χ4v) is 1.89. The molecule has 2 amide bonds. The fourth-order valence-electron chi connectivity index (χ4n) is 1.89. The molecule has 0 spiro atoms. The van der Waals surface area contributed by atoms with Crippen LogP contribution in [0.15, 0.2) is 30.6 Å². The number of nitrogens with two attached hydrogens (primary N) is 1. The number of carbonyl (C=O) groups is 2. The normalized spacial score (nSPS) is 9.96. The van der Waals surface area contributed by atoms with E-state index in [2.05, 4.69) is 26.1 Å². The molecule has 0 aliphatic rings. The third kappa shape index (κ3) is 4.60. The molecule has 25 heavy (non-hydrogen) atoms. The third-order valence-electron chi connectivity index (χ3n) is 3.04. The lowest BCUT2D eigenvalue weighted by Gasteiger charge is -2.09. The lowest BCUT2D eigenvalue weighted by molar-refractivity contribution is -0.383. The average molecular weight is 345 g/mol. The van der Waals surface area contributed by atoms with Crippen LogP contribution < -0.4 is 21.9 Å². The second-order valence-corrected chi connectivity index (χ2v) is 4.94. The molecule has 0 aliphatic heterocycles. The number of carbonyl (C=O) groups excluding carboxylic acids is 2. The molecule has 0 saturated heterocycles. The summed E-state index contributed by atoms with van der Waals surface area (Å²) in [6.45, 7) is 1.50. The number of aromatic nitrogens is 2. The van der Waals surface area contributed by atoms with Crippen molar-refractivity contribution >= 4 is 29.1 Å². The SMILES string of the molecule is Cc1cccc(C(=O)NCC(=O)NNc2ncnc(N)c2[N+](=O)[O-])c1. The van der Waals surface area contributed by atoms with Crippen molar-refractivity contribution in [3.63, 3.8) is 0 Å². The molecule has 2 aromatic rings. The van der Waals surface area contributed by atoms with E-state index in [0.717, 1.165) is 11.9 Å². The van der Waals surface area contributed by atoms with E-state index < -0.39 is 22.4 Å². The van der Waals surface area contributed by atoms with Crippen LogP contribution in [0.4, 0.5) is 17.3 Å². The summed E-state index contributed by atoms with van der Waals surface area (Å²) in [5.41, 5.74) is 10.6. The Morgan fingerprint density at radius 2 is 2.08 bits per heavy atom. The van der Waals surface area contributed by atoms with Crippen LogP contribution in [-0.4, -0.2) is 33.3 Å². The van der Waals surface area contributed by atoms with Gasteiger partial charge in [0.1, 0.15) is 6.33 Å². The number of nitrogens with zero attached hydrogens (tertiary/aromatic N) is 3. The van der Waals surface area contributed by atoms with E-state index in [1.807, 2.05) is 13.0 Å². The van der Waals surface area contributed by atoms with Crippen molar-refractivity contribution in [1.29, 1.82) is 0 Å². The Hall–Kier alpha value is -3.76. The second-order valence-electron chi connectivity index (χ2n) is 4.94. The highest BCUT2D eigenvalue weighted by Gasteiger charge is 2.21. The van der Waals surface area contributed by atoms with Gasteiger partial charge in [-0.1, -0.05) is 17.7 Å². The Morgan fingerprint density at radius 1 is 1.32 bits per heavy atom. The van der Waals surface area contributed by atoms with Gasteiger partial charge in [0.05, 0.1) is 11.5 Å². The number of hydrazine groups is 1. The summed E-state index contributed by atoms with van der Waals surface area (Å²) in [6.07, 6.45) is 1.01. The average Bonchev–Trinajstić information content (AvgIpc) is 2.57. The third-order valence-corrected chi connectivity index (χ3v) is 3.04. The molecule has 130 valence electrons. The number of hydrogen-bond donors (Lipinski definition) is 4. The zero-order chi connectivity index (χ0) is 18.4. The van der Waals surface area contributed by atoms with Gasteiger partial charge >= 0.3 is 5.69 Å². The van der Waals surface area contributed by atoms with Gasteiger partial charge in [-0.05, 0) is 19.1 Å². The van der Waals surface area contributed by atoms with Gasteiger partial charge in [0.15, 0.2) is 0 Å². The smallest absolute Gasteiger partial charge is 0.354 e. The minimum Gasteiger partial charge on any atom is -0.378 e. The van der Waals surface area contributed by atoms with Gasteiger partial charge in [0.25, 0.3) is 11.8 Å². The summed E-state index contributed by atoms with van der Waals surface area (Å²) in [4.78, 5) is 41.0. The molecule has 2 rings (SSSR count). The number of nitrogen functional groups attached to an aromatic ring is 1. The van der Waals surface area contributed by atoms with Crippen LogP contribution >= 0.6 is 0 Å². The van der Waals surface area contributed by atoms with E-state index >= 15 is 0 Å². The number of hydrogen-bond acceptors (Lipinski definition) is 8. The van der Waals surface area contributed by atoms with E-state index in [1.54, 1.807) is 18.2 Å². The molecule has 0 atom stereocenters. The van der Waals surface area contributed by atoms with Crippen molar-refractivity contribution in [1.82, 2.24) is 20.7 Å². The first-order valence-corrected chi connectivity index (χ1v) is 7.03. The molecule has 11 nitrogen and oxygen atoms in total. The van der Waals surface area contributed by atoms with Gasteiger partial charge in [-0.2, -0.15) is 0 Å². The van der Waals surface area contributed by atoms with Crippen LogP contribution in [0.2, 0.25) is 0 Å². The molecule has 0 saturated carbocycles. The van der Waals surface area contributed by atoms with Gasteiger partial charge in [-0.25, -0.2) is 9.97 Å². The number of amides is 2. The van der Waals surface area contributed by atoms with Crippen molar-refractivity contribution in [2.75, 3.05) is 17.7 Å². The minimum absolute atomic E-state index is 0.268. The molecular formula is C14H15N7O4. The van der Waals surface area contributed by atoms with Gasteiger partial charge in [0, 0.05) is 5.56 Å². The quantitative estimate of drug-likeness (QED) is 0.424. The van der Waals surface area contributed by atoms with Crippen LogP contribution in [-0.2, 0) is 4.79 Å². The molecule has 1 aromatic heterocycles. The minimum atomic E-state index is -0.774. The van der Waals surface area contributed by atoms with Crippen molar-refractivity contribution in [2.24, 2.45) is 0 Å². The maximum atomic E-state index is 11.9. The summed E-state index contributed by atoms with van der Waals surface area (Å²) < 4.78 is 0. The molecule has 1 aromatic carbocycles. The van der Waals surface area contributed by atoms with E-state index in [1.165, 1.54) is 0 Å². The summed E-state index contributed by atoms with van der Waals surface area (Å²) in [5.74, 6) is -1.66. The number of rotatable bonds is 6. The van der Waals surface area contributed by atoms with Gasteiger partial charge in [-0.3, -0.25) is 30.6 Å². The van der Waals surface area contributed by atoms with Crippen LogP contribution in [0.3, 0.4) is 0 Å². The van der Waals surface area contributed by atoms with Crippen molar-refractivity contribution < 1.29 is 14.5 Å². The van der Waals surface area contributed by atoms with E-state index in [0.29, 0.717) is 5.56 Å². The predicted molar refractivity (Wildman–Crippen MR) is 88.4 cm³/mol. The Bertz CT molecular complexity index is 825. The van der Waals surface area contributed by atoms with Crippen LogP contribution in [0.1, 0.15) is 15.9 Å². The summed E-state index contributed by atoms with van der Waals surface area (Å²) in [7, 11) is 0. The van der Waals surface area contributed by atoms with E-state index in [9.17, 15) is 19.7 Å². The maximum Gasteiger partial charge on any atom is 0.354 e. The number of aryl methyl sites for hydroxylation is 1. The zero-order valence-electron chi connectivity index (χ0n) is 13.1. The largest absolute Gasteiger partial charge is 0.378 e. The van der Waals surface area contributed by atoms with Crippen molar-refractivity contribution in [3.05, 3.63) is 51.8 Å². The number of anilines is 2. The zero-order valence-corrected chi connectivity index (χ0v) is 13.1. The van der Waals surface area contributed by atoms with Crippen molar-refractivity contribution in [3.8, 4) is 0 Å². The van der Waals surface area contributed by atoms with Gasteiger partial charge < -0.3 is 11.1 Å². The molecule has 1 heterocycles. The first-order chi connectivity index (χ1) is 11.9. The molecule has 0 aliphatic carbocycles.